The van der Waals surface area contributed by atoms with Crippen molar-refractivity contribution in [2.75, 3.05) is 16.9 Å². The first-order valence-corrected chi connectivity index (χ1v) is 15.9. The summed E-state index contributed by atoms with van der Waals surface area (Å²) in [5.41, 5.74) is 0.749. The molecule has 6 atom stereocenters. The third-order valence-electron chi connectivity index (χ3n) is 10.2. The highest BCUT2D eigenvalue weighted by Gasteiger charge is 2.67. The maximum absolute atomic E-state index is 14.5. The number of carbonyl (C=O) groups is 4. The Morgan fingerprint density at radius 3 is 2.26 bits per heavy atom. The smallest absolute Gasteiger partial charge is 0.269 e. The molecule has 12 heteroatoms. The van der Waals surface area contributed by atoms with Crippen LogP contribution in [0.25, 0.3) is 0 Å². The van der Waals surface area contributed by atoms with Gasteiger partial charge in [-0.2, -0.15) is 0 Å². The van der Waals surface area contributed by atoms with Crippen molar-refractivity contribution in [3.8, 4) is 11.5 Å². The van der Waals surface area contributed by atoms with E-state index < -0.39 is 51.7 Å². The molecular formula is C34H28IN3O8. The number of non-ortho nitro benzene ring substituents is 1. The molecule has 2 aliphatic heterocycles. The van der Waals surface area contributed by atoms with Crippen molar-refractivity contribution in [2.24, 2.45) is 29.1 Å². The third-order valence-corrected chi connectivity index (χ3v) is 11.0. The zero-order valence-corrected chi connectivity index (χ0v) is 26.9. The summed E-state index contributed by atoms with van der Waals surface area (Å²) < 4.78 is 5.98. The van der Waals surface area contributed by atoms with E-state index in [9.17, 15) is 34.4 Å². The number of halogens is 1. The van der Waals surface area contributed by atoms with Gasteiger partial charge in [-0.05, 0) is 90.2 Å². The molecule has 6 unspecified atom stereocenters. The summed E-state index contributed by atoms with van der Waals surface area (Å²) in [5.74, 6) is -4.87. The second-order valence-corrected chi connectivity index (χ2v) is 13.5. The van der Waals surface area contributed by atoms with E-state index in [0.717, 1.165) is 10.5 Å². The fraction of sp³-hybridized carbons (Fsp3) is 0.294. The number of nitro benzene ring substituents is 1. The summed E-state index contributed by atoms with van der Waals surface area (Å²) in [7, 11) is 1.44. The average Bonchev–Trinajstić information content (AvgIpc) is 3.42. The van der Waals surface area contributed by atoms with E-state index in [2.05, 4.69) is 0 Å². The lowest BCUT2D eigenvalue weighted by molar-refractivity contribution is -0.384. The van der Waals surface area contributed by atoms with Crippen molar-refractivity contribution in [1.82, 2.24) is 0 Å². The molecule has 1 saturated carbocycles. The predicted molar refractivity (Wildman–Crippen MR) is 174 cm³/mol. The van der Waals surface area contributed by atoms with Gasteiger partial charge in [0.2, 0.25) is 23.6 Å². The van der Waals surface area contributed by atoms with Crippen LogP contribution in [0.15, 0.2) is 78.4 Å². The number of phenols is 1. The number of methoxy groups -OCH3 is 1. The van der Waals surface area contributed by atoms with Crippen LogP contribution in [0, 0.1) is 42.8 Å². The van der Waals surface area contributed by atoms with Crippen LogP contribution in [-0.2, 0) is 19.2 Å². The SMILES string of the molecule is COc1cc(C2C3=CCC4C(=O)N(c5ccc([N+](=O)[O-])cc5)C(=O)C4C3CC3C(=O)N(c4ccccc4)C(=O)C32C)cc(I)c1O. The first-order chi connectivity index (χ1) is 22.0. The Hall–Kier alpha value is -4.59. The number of phenolic OH excluding ortho intramolecular Hbond substituents is 1. The summed E-state index contributed by atoms with van der Waals surface area (Å²) in [6, 6.07) is 17.5. The number of fused-ring (bicyclic) bond motifs is 4. The monoisotopic (exact) mass is 733 g/mol. The Morgan fingerprint density at radius 1 is 0.935 bits per heavy atom. The molecule has 2 heterocycles. The number of benzene rings is 3. The minimum Gasteiger partial charge on any atom is -0.504 e. The van der Waals surface area contributed by atoms with E-state index in [1.165, 1.54) is 36.3 Å². The predicted octanol–water partition coefficient (Wildman–Crippen LogP) is 5.35. The van der Waals surface area contributed by atoms with Gasteiger partial charge in [0, 0.05) is 18.1 Å². The summed E-state index contributed by atoms with van der Waals surface area (Å²) in [5, 5.41) is 21.9. The lowest BCUT2D eigenvalue weighted by Gasteiger charge is -2.49. The molecule has 0 radical (unpaired) electrons. The van der Waals surface area contributed by atoms with Crippen LogP contribution >= 0.6 is 22.6 Å². The van der Waals surface area contributed by atoms with Gasteiger partial charge in [0.1, 0.15) is 0 Å². The molecule has 11 nitrogen and oxygen atoms in total. The molecule has 0 spiro atoms. The quantitative estimate of drug-likeness (QED) is 0.121. The minimum absolute atomic E-state index is 0.0476. The van der Waals surface area contributed by atoms with Gasteiger partial charge < -0.3 is 9.84 Å². The fourth-order valence-electron chi connectivity index (χ4n) is 8.11. The van der Waals surface area contributed by atoms with E-state index in [-0.39, 0.29) is 47.5 Å². The van der Waals surface area contributed by atoms with Crippen molar-refractivity contribution in [3.05, 3.63) is 97.6 Å². The summed E-state index contributed by atoms with van der Waals surface area (Å²) in [6.45, 7) is 1.80. The first-order valence-electron chi connectivity index (χ1n) is 14.8. The number of ether oxygens (including phenoxy) is 1. The van der Waals surface area contributed by atoms with Crippen molar-refractivity contribution in [2.45, 2.75) is 25.7 Å². The molecule has 0 bridgehead atoms. The number of imide groups is 2. The summed E-state index contributed by atoms with van der Waals surface area (Å²) in [6.07, 6.45) is 2.38. The zero-order valence-electron chi connectivity index (χ0n) is 24.8. The van der Waals surface area contributed by atoms with Crippen LogP contribution in [-0.4, -0.2) is 40.8 Å². The number of nitrogens with zero attached hydrogens (tertiary/aromatic N) is 3. The van der Waals surface area contributed by atoms with Gasteiger partial charge in [-0.3, -0.25) is 34.2 Å². The number of allylic oxidation sites excluding steroid dienone is 2. The van der Waals surface area contributed by atoms with Crippen molar-refractivity contribution >= 4 is 63.3 Å². The number of nitro groups is 1. The Kier molecular flexibility index (Phi) is 7.03. The second-order valence-electron chi connectivity index (χ2n) is 12.3. The molecule has 4 amide bonds. The molecule has 234 valence electrons. The molecule has 3 fully saturated rings. The normalized spacial score (nSPS) is 28.5. The Balaban J connectivity index is 1.37. The number of carbonyl (C=O) groups excluding carboxylic acids is 4. The number of aromatic hydroxyl groups is 1. The second kappa shape index (κ2) is 10.7. The molecule has 2 aliphatic carbocycles. The van der Waals surface area contributed by atoms with Gasteiger partial charge in [0.25, 0.3) is 5.69 Å². The zero-order chi connectivity index (χ0) is 32.7. The van der Waals surface area contributed by atoms with Crippen LogP contribution in [0.1, 0.15) is 31.2 Å². The maximum Gasteiger partial charge on any atom is 0.269 e. The van der Waals surface area contributed by atoms with Gasteiger partial charge in [0.15, 0.2) is 11.5 Å². The van der Waals surface area contributed by atoms with Gasteiger partial charge in [-0.15, -0.1) is 0 Å². The van der Waals surface area contributed by atoms with Gasteiger partial charge in [0.05, 0.1) is 50.1 Å². The Bertz CT molecular complexity index is 1880. The lowest BCUT2D eigenvalue weighted by atomic mass is 9.51. The van der Waals surface area contributed by atoms with Crippen molar-refractivity contribution in [3.63, 3.8) is 0 Å². The third kappa shape index (κ3) is 4.15. The summed E-state index contributed by atoms with van der Waals surface area (Å²) in [4.78, 5) is 69.7. The standard InChI is InChI=1S/C34H28IN3O8/c1-34-24(31(41)37(33(34)43)18-6-4-3-5-7-18)16-23-21(28(34)17-14-25(35)29(39)26(15-17)46-2)12-13-22-27(23)32(42)36(30(22)40)19-8-10-20(11-9-19)38(44)45/h3-12,14-15,22-24,27-28,39H,13,16H2,1-2H3. The van der Waals surface area contributed by atoms with Gasteiger partial charge in [-0.1, -0.05) is 29.8 Å². The number of hydrogen-bond donors (Lipinski definition) is 1. The van der Waals surface area contributed by atoms with E-state index in [4.69, 9.17) is 4.74 Å². The van der Waals surface area contributed by atoms with E-state index in [1.807, 2.05) is 28.7 Å². The first kappa shape index (κ1) is 30.1. The molecule has 7 rings (SSSR count). The Labute approximate surface area is 277 Å². The molecular weight excluding hydrogens is 705 g/mol. The maximum atomic E-state index is 14.5. The van der Waals surface area contributed by atoms with Gasteiger partial charge >= 0.3 is 0 Å². The molecule has 1 N–H and O–H groups in total. The van der Waals surface area contributed by atoms with Crippen LogP contribution < -0.4 is 14.5 Å². The highest BCUT2D eigenvalue weighted by molar-refractivity contribution is 14.1. The molecule has 2 saturated heterocycles. The molecule has 0 aromatic heterocycles. The fourth-order valence-corrected chi connectivity index (χ4v) is 8.74. The van der Waals surface area contributed by atoms with E-state index >= 15 is 0 Å². The summed E-state index contributed by atoms with van der Waals surface area (Å²) >= 11 is 2.00. The lowest BCUT2D eigenvalue weighted by Crippen LogP contribution is -2.48. The topological polar surface area (TPSA) is 147 Å². The van der Waals surface area contributed by atoms with E-state index in [1.54, 1.807) is 49.4 Å². The largest absolute Gasteiger partial charge is 0.504 e. The van der Waals surface area contributed by atoms with Crippen LogP contribution in [0.3, 0.4) is 0 Å². The highest BCUT2D eigenvalue weighted by atomic mass is 127. The van der Waals surface area contributed by atoms with Crippen molar-refractivity contribution in [1.29, 1.82) is 0 Å². The molecule has 46 heavy (non-hydrogen) atoms. The minimum atomic E-state index is -1.24. The number of anilines is 2. The van der Waals surface area contributed by atoms with Crippen LogP contribution in [0.5, 0.6) is 11.5 Å². The van der Waals surface area contributed by atoms with Crippen molar-refractivity contribution < 1.29 is 33.9 Å². The molecule has 3 aromatic rings. The average molecular weight is 734 g/mol. The van der Waals surface area contributed by atoms with Crippen LogP contribution in [0.2, 0.25) is 0 Å². The number of hydrogen-bond acceptors (Lipinski definition) is 8. The molecule has 3 aromatic carbocycles. The Morgan fingerprint density at radius 2 is 1.61 bits per heavy atom. The number of amides is 4. The molecule has 4 aliphatic rings. The van der Waals surface area contributed by atoms with Crippen LogP contribution in [0.4, 0.5) is 17.1 Å². The van der Waals surface area contributed by atoms with Gasteiger partial charge in [-0.25, -0.2) is 4.90 Å². The number of para-hydroxylation sites is 1. The number of rotatable bonds is 5. The van der Waals surface area contributed by atoms with E-state index in [0.29, 0.717) is 14.8 Å². The highest BCUT2D eigenvalue weighted by Crippen LogP contribution is 2.64.